The average Bonchev–Trinajstić information content (AvgIpc) is 2.86. The van der Waals surface area contributed by atoms with Gasteiger partial charge in [-0.2, -0.15) is 0 Å². The molecule has 0 radical (unpaired) electrons. The smallest absolute Gasteiger partial charge is 0.213 e. The van der Waals surface area contributed by atoms with Gasteiger partial charge in [-0.15, -0.1) is 0 Å². The summed E-state index contributed by atoms with van der Waals surface area (Å²) in [6, 6.07) is 9.15. The zero-order chi connectivity index (χ0) is 30.4. The van der Waals surface area contributed by atoms with Gasteiger partial charge in [0.15, 0.2) is 0 Å². The number of benzene rings is 2. The van der Waals surface area contributed by atoms with Gasteiger partial charge < -0.3 is 15.3 Å². The van der Waals surface area contributed by atoms with Crippen LogP contribution >= 0.6 is 0 Å². The Morgan fingerprint density at radius 2 is 0.900 bits per heavy atom. The molecule has 0 aliphatic heterocycles. The molecule has 0 saturated heterocycles. The van der Waals surface area contributed by atoms with Crippen molar-refractivity contribution in [3.63, 3.8) is 0 Å². The van der Waals surface area contributed by atoms with E-state index >= 15 is 0 Å². The topological polar surface area (TPSA) is 94.8 Å². The predicted molar refractivity (Wildman–Crippen MR) is 167 cm³/mol. The third-order valence-corrected chi connectivity index (χ3v) is 9.05. The van der Waals surface area contributed by atoms with Crippen molar-refractivity contribution in [3.05, 3.63) is 47.5 Å². The van der Waals surface area contributed by atoms with E-state index in [-0.39, 0.29) is 32.1 Å². The maximum absolute atomic E-state index is 13.1. The third kappa shape index (κ3) is 12.2. The number of phenols is 2. The van der Waals surface area contributed by atoms with E-state index in [0.29, 0.717) is 6.61 Å². The normalized spacial score (nSPS) is 12.2. The van der Waals surface area contributed by atoms with Gasteiger partial charge in [-0.25, -0.2) is 8.42 Å². The molecule has 0 spiro atoms. The van der Waals surface area contributed by atoms with Crippen LogP contribution in [-0.4, -0.2) is 30.3 Å². The van der Waals surface area contributed by atoms with Crippen molar-refractivity contribution in [1.82, 2.24) is 0 Å². The zero-order valence-corrected chi connectivity index (χ0v) is 27.0. The summed E-state index contributed by atoms with van der Waals surface area (Å²) in [5.74, 6) is -0.651. The van der Waals surface area contributed by atoms with Crippen molar-refractivity contribution < 1.29 is 23.7 Å². The Bertz CT molecular complexity index is 1030. The summed E-state index contributed by atoms with van der Waals surface area (Å²) in [6.45, 7) is 14.4. The van der Waals surface area contributed by atoms with Gasteiger partial charge in [-0.05, 0) is 52.6 Å². The molecule has 3 N–H and O–H groups in total. The fourth-order valence-electron chi connectivity index (χ4n) is 4.46. The van der Waals surface area contributed by atoms with Gasteiger partial charge in [0.2, 0.25) is 9.84 Å². The number of phenolic OH excluding ortho intramolecular Hbond substituents is 2. The van der Waals surface area contributed by atoms with Crippen LogP contribution in [0.3, 0.4) is 0 Å². The number of rotatable bonds is 14. The summed E-state index contributed by atoms with van der Waals surface area (Å²) in [7, 11) is -4.07. The van der Waals surface area contributed by atoms with Crippen molar-refractivity contribution >= 4 is 9.84 Å². The maximum atomic E-state index is 13.1. The van der Waals surface area contributed by atoms with E-state index in [2.05, 4.69) is 6.92 Å². The lowest BCUT2D eigenvalue weighted by atomic mass is 9.87. The molecule has 6 heteroatoms. The van der Waals surface area contributed by atoms with E-state index in [0.717, 1.165) is 17.5 Å². The van der Waals surface area contributed by atoms with E-state index < -0.39 is 9.84 Å². The number of aliphatic hydroxyl groups excluding tert-OH is 1. The van der Waals surface area contributed by atoms with Gasteiger partial charge in [0.25, 0.3) is 0 Å². The number of aromatic hydroxyl groups is 2. The van der Waals surface area contributed by atoms with Gasteiger partial charge in [0, 0.05) is 6.61 Å². The van der Waals surface area contributed by atoms with E-state index in [9.17, 15) is 18.6 Å². The van der Waals surface area contributed by atoms with Crippen LogP contribution in [0, 0.1) is 0 Å². The molecule has 0 atom stereocenters. The summed E-state index contributed by atoms with van der Waals surface area (Å²) in [5, 5.41) is 28.9. The standard InChI is InChI=1S/C20H26O4S.C14H30O/c1-19(2,3)13-7-9-15(21)17(11-13)25(23,24)18-12-14(20(4,5)6)8-10-16(18)22;1-2-3-4-5-6-7-8-9-10-11-12-13-14-15/h7-12,21-22H,1-6H3;15H,2-14H2,1H3. The van der Waals surface area contributed by atoms with Crippen LogP contribution in [-0.2, 0) is 20.7 Å². The molecule has 2 aromatic carbocycles. The lowest BCUT2D eigenvalue weighted by Crippen LogP contribution is -2.14. The van der Waals surface area contributed by atoms with Crippen molar-refractivity contribution in [2.24, 2.45) is 0 Å². The van der Waals surface area contributed by atoms with Gasteiger partial charge >= 0.3 is 0 Å². The highest BCUT2D eigenvalue weighted by atomic mass is 32.2. The Balaban J connectivity index is 0.000000459. The van der Waals surface area contributed by atoms with Gasteiger partial charge in [0.05, 0.1) is 0 Å². The number of hydrogen-bond donors (Lipinski definition) is 3. The number of unbranched alkanes of at least 4 members (excludes halogenated alkanes) is 11. The molecule has 0 unspecified atom stereocenters. The Labute approximate surface area is 245 Å². The highest BCUT2D eigenvalue weighted by molar-refractivity contribution is 7.91. The molecule has 0 aromatic heterocycles. The summed E-state index contributed by atoms with van der Waals surface area (Å²) >= 11 is 0. The Hall–Kier alpha value is -2.05. The van der Waals surface area contributed by atoms with E-state index in [1.807, 2.05) is 41.5 Å². The van der Waals surface area contributed by atoms with Crippen LogP contribution in [0.2, 0.25) is 0 Å². The van der Waals surface area contributed by atoms with Crippen molar-refractivity contribution in [3.8, 4) is 11.5 Å². The number of hydrogen-bond acceptors (Lipinski definition) is 5. The molecule has 0 heterocycles. The van der Waals surface area contributed by atoms with Crippen LogP contribution < -0.4 is 0 Å². The van der Waals surface area contributed by atoms with Crippen LogP contribution in [0.25, 0.3) is 0 Å². The summed E-state index contributed by atoms with van der Waals surface area (Å²) < 4.78 is 26.2. The second kappa shape index (κ2) is 17.0. The number of sulfone groups is 1. The highest BCUT2D eigenvalue weighted by Crippen LogP contribution is 2.38. The summed E-state index contributed by atoms with van der Waals surface area (Å²) in [4.78, 5) is -0.387. The van der Waals surface area contributed by atoms with Crippen LogP contribution in [0.4, 0.5) is 0 Å². The first-order chi connectivity index (χ1) is 18.7. The van der Waals surface area contributed by atoms with Gasteiger partial charge in [0.1, 0.15) is 21.3 Å². The van der Waals surface area contributed by atoms with E-state index in [4.69, 9.17) is 5.11 Å². The molecule has 0 aliphatic rings. The largest absolute Gasteiger partial charge is 0.507 e. The quantitative estimate of drug-likeness (QED) is 0.195. The van der Waals surface area contributed by atoms with Crippen LogP contribution in [0.5, 0.6) is 11.5 Å². The minimum Gasteiger partial charge on any atom is -0.507 e. The molecule has 228 valence electrons. The maximum Gasteiger partial charge on any atom is 0.213 e. The molecule has 0 aliphatic carbocycles. The molecule has 0 saturated carbocycles. The molecule has 0 bridgehead atoms. The Kier molecular flexibility index (Phi) is 15.3. The monoisotopic (exact) mass is 576 g/mol. The van der Waals surface area contributed by atoms with E-state index in [1.165, 1.54) is 94.9 Å². The molecule has 0 amide bonds. The molecule has 2 rings (SSSR count). The Morgan fingerprint density at radius 1 is 0.575 bits per heavy atom. The molecule has 2 aromatic rings. The first-order valence-corrected chi connectivity index (χ1v) is 16.7. The average molecular weight is 577 g/mol. The first-order valence-electron chi connectivity index (χ1n) is 15.2. The summed E-state index contributed by atoms with van der Waals surface area (Å²) in [5.41, 5.74) is 1.03. The fraction of sp³-hybridized carbons (Fsp3) is 0.647. The highest BCUT2D eigenvalue weighted by Gasteiger charge is 2.28. The van der Waals surface area contributed by atoms with Crippen molar-refractivity contribution in [1.29, 1.82) is 0 Å². The van der Waals surface area contributed by atoms with Gasteiger partial charge in [-0.1, -0.05) is 131 Å². The lowest BCUT2D eigenvalue weighted by molar-refractivity contribution is 0.282. The van der Waals surface area contributed by atoms with Crippen LogP contribution in [0.15, 0.2) is 46.2 Å². The lowest BCUT2D eigenvalue weighted by Gasteiger charge is -2.22. The third-order valence-electron chi connectivity index (χ3n) is 7.24. The SMILES string of the molecule is CC(C)(C)c1ccc(O)c(S(=O)(=O)c2cc(C(C)(C)C)ccc2O)c1.CCCCCCCCCCCCCCO. The van der Waals surface area contributed by atoms with Crippen LogP contribution in [0.1, 0.15) is 137 Å². The molecular formula is C34H56O5S. The second-order valence-corrected chi connectivity index (χ2v) is 14.9. The van der Waals surface area contributed by atoms with E-state index in [1.54, 1.807) is 12.1 Å². The molecular weight excluding hydrogens is 520 g/mol. The molecule has 40 heavy (non-hydrogen) atoms. The second-order valence-electron chi connectivity index (χ2n) is 13.0. The van der Waals surface area contributed by atoms with Crippen molar-refractivity contribution in [2.45, 2.75) is 146 Å². The molecule has 0 fully saturated rings. The minimum absolute atomic E-state index is 0.193. The van der Waals surface area contributed by atoms with Crippen molar-refractivity contribution in [2.75, 3.05) is 6.61 Å². The Morgan fingerprint density at radius 3 is 1.20 bits per heavy atom. The summed E-state index contributed by atoms with van der Waals surface area (Å²) in [6.07, 6.45) is 16.2. The zero-order valence-electron chi connectivity index (χ0n) is 26.2. The first kappa shape index (κ1) is 36.0. The van der Waals surface area contributed by atoms with Gasteiger partial charge in [-0.3, -0.25) is 0 Å². The molecule has 5 nitrogen and oxygen atoms in total. The minimum atomic E-state index is -4.07. The fourth-order valence-corrected chi connectivity index (χ4v) is 5.95. The number of aliphatic hydroxyl groups is 1. The predicted octanol–water partition coefficient (Wildman–Crippen LogP) is 9.21.